The fraction of sp³-hybridized carbons (Fsp3) is 0.483. The van der Waals surface area contributed by atoms with Crippen molar-refractivity contribution in [1.29, 1.82) is 0 Å². The second kappa shape index (κ2) is 8.68. The van der Waals surface area contributed by atoms with Crippen LogP contribution in [-0.4, -0.2) is 43.2 Å². The lowest BCUT2D eigenvalue weighted by Gasteiger charge is -2.48. The highest BCUT2D eigenvalue weighted by molar-refractivity contribution is 5.80. The average molecular weight is 461 g/mol. The maximum Gasteiger partial charge on any atom is 0.314 e. The van der Waals surface area contributed by atoms with Crippen LogP contribution in [0.1, 0.15) is 40.2 Å². The number of anilines is 1. The molecule has 2 heterocycles. The number of hydrogen-bond acceptors (Lipinski definition) is 5. The molecule has 1 aromatic carbocycles. The van der Waals surface area contributed by atoms with Crippen LogP contribution in [0.4, 0.5) is 5.69 Å². The van der Waals surface area contributed by atoms with Gasteiger partial charge in [-0.25, -0.2) is 0 Å². The summed E-state index contributed by atoms with van der Waals surface area (Å²) in [7, 11) is 0. The summed E-state index contributed by atoms with van der Waals surface area (Å²) in [5, 5.41) is 0. The minimum absolute atomic E-state index is 0.0625. The SMILES string of the molecule is CCN(CC)C1=CC2Oc3cc(N(CC)CC)ccc3C3(OC(=O)C4C=CC(C)=CC43)C2C=C1. The highest BCUT2D eigenvalue weighted by atomic mass is 16.6. The van der Waals surface area contributed by atoms with Gasteiger partial charge in [0, 0.05) is 55.1 Å². The second-order valence-electron chi connectivity index (χ2n) is 9.62. The molecule has 5 atom stereocenters. The molecular formula is C29H36N2O3. The lowest BCUT2D eigenvalue weighted by atomic mass is 9.64. The van der Waals surface area contributed by atoms with Crippen LogP contribution >= 0.6 is 0 Å². The quantitative estimate of drug-likeness (QED) is 0.546. The predicted octanol–water partition coefficient (Wildman–Crippen LogP) is 5.21. The minimum Gasteiger partial charge on any atom is -0.485 e. The standard InChI is InChI=1S/C29H36N2O3/c1-6-30(7-2)20-11-14-23-26(17-20)33-27-18-21(31(8-3)9-4)12-15-24(27)29(23)25-16-19(5)10-13-22(25)28(32)34-29/h10-18,22-23,25-26H,6-9H2,1-5H3. The first-order chi connectivity index (χ1) is 16.5. The van der Waals surface area contributed by atoms with Gasteiger partial charge in [-0.1, -0.05) is 29.9 Å². The summed E-state index contributed by atoms with van der Waals surface area (Å²) in [5.41, 5.74) is 3.67. The zero-order valence-corrected chi connectivity index (χ0v) is 21.0. The van der Waals surface area contributed by atoms with E-state index in [4.69, 9.17) is 9.47 Å². The van der Waals surface area contributed by atoms with Crippen molar-refractivity contribution in [2.75, 3.05) is 31.1 Å². The van der Waals surface area contributed by atoms with Crippen molar-refractivity contribution in [3.63, 3.8) is 0 Å². The Hall–Kier alpha value is -2.95. The molecule has 0 bridgehead atoms. The zero-order valence-electron chi connectivity index (χ0n) is 21.0. The third-order valence-electron chi connectivity index (χ3n) is 8.00. The molecule has 1 fully saturated rings. The highest BCUT2D eigenvalue weighted by Gasteiger charge is 2.63. The number of fused-ring (bicyclic) bond motifs is 6. The van der Waals surface area contributed by atoms with Crippen molar-refractivity contribution >= 4 is 11.7 Å². The molecule has 2 aliphatic carbocycles. The second-order valence-corrected chi connectivity index (χ2v) is 9.62. The van der Waals surface area contributed by atoms with Crippen LogP contribution in [0.2, 0.25) is 0 Å². The molecule has 4 aliphatic rings. The maximum atomic E-state index is 13.2. The molecule has 5 unspecified atom stereocenters. The third-order valence-corrected chi connectivity index (χ3v) is 8.00. The Kier molecular flexibility index (Phi) is 5.83. The maximum absolute atomic E-state index is 13.2. The van der Waals surface area contributed by atoms with Crippen LogP contribution in [0.3, 0.4) is 0 Å². The van der Waals surface area contributed by atoms with E-state index < -0.39 is 5.60 Å². The van der Waals surface area contributed by atoms with Crippen LogP contribution in [-0.2, 0) is 15.1 Å². The molecule has 0 saturated carbocycles. The monoisotopic (exact) mass is 460 g/mol. The number of carbonyl (C=O) groups is 1. The number of esters is 1. The van der Waals surface area contributed by atoms with Crippen LogP contribution in [0.5, 0.6) is 5.75 Å². The number of ether oxygens (including phenoxy) is 2. The van der Waals surface area contributed by atoms with E-state index in [2.05, 4.69) is 86.9 Å². The average Bonchev–Trinajstić information content (AvgIpc) is 3.12. The van der Waals surface area contributed by atoms with Crippen LogP contribution in [0.15, 0.2) is 65.9 Å². The normalized spacial score (nSPS) is 30.6. The summed E-state index contributed by atoms with van der Waals surface area (Å²) in [6, 6.07) is 6.42. The Bertz CT molecular complexity index is 1090. The van der Waals surface area contributed by atoms with Crippen LogP contribution < -0.4 is 9.64 Å². The van der Waals surface area contributed by atoms with Crippen molar-refractivity contribution in [3.8, 4) is 5.75 Å². The molecule has 5 rings (SSSR count). The van der Waals surface area contributed by atoms with Gasteiger partial charge < -0.3 is 19.3 Å². The van der Waals surface area contributed by atoms with Gasteiger partial charge in [0.15, 0.2) is 5.60 Å². The summed E-state index contributed by atoms with van der Waals surface area (Å²) < 4.78 is 13.2. The highest BCUT2D eigenvalue weighted by Crippen LogP contribution is 2.59. The van der Waals surface area contributed by atoms with E-state index >= 15 is 0 Å². The Morgan fingerprint density at radius 3 is 2.35 bits per heavy atom. The molecule has 2 aliphatic heterocycles. The van der Waals surface area contributed by atoms with Gasteiger partial charge in [-0.15, -0.1) is 0 Å². The first-order valence-corrected chi connectivity index (χ1v) is 12.8. The van der Waals surface area contributed by atoms with E-state index in [-0.39, 0.29) is 29.8 Å². The minimum atomic E-state index is -0.782. The molecule has 5 nitrogen and oxygen atoms in total. The Morgan fingerprint density at radius 2 is 1.65 bits per heavy atom. The Labute approximate surface area is 203 Å². The molecule has 180 valence electrons. The summed E-state index contributed by atoms with van der Waals surface area (Å²) in [4.78, 5) is 17.9. The lowest BCUT2D eigenvalue weighted by molar-refractivity contribution is -0.159. The summed E-state index contributed by atoms with van der Waals surface area (Å²) in [5.74, 6) is 0.265. The van der Waals surface area contributed by atoms with Gasteiger partial charge in [0.05, 0.1) is 11.8 Å². The Balaban J connectivity index is 1.68. The van der Waals surface area contributed by atoms with Crippen LogP contribution in [0, 0.1) is 17.8 Å². The predicted molar refractivity (Wildman–Crippen MR) is 136 cm³/mol. The summed E-state index contributed by atoms with van der Waals surface area (Å²) in [6.45, 7) is 14.5. The molecule has 1 aromatic rings. The van der Waals surface area contributed by atoms with Crippen molar-refractivity contribution in [3.05, 3.63) is 71.5 Å². The molecule has 1 spiro atoms. The number of rotatable bonds is 6. The van der Waals surface area contributed by atoms with Gasteiger partial charge in [-0.3, -0.25) is 4.79 Å². The zero-order chi connectivity index (χ0) is 24.0. The molecule has 34 heavy (non-hydrogen) atoms. The van der Waals surface area contributed by atoms with Crippen LogP contribution in [0.25, 0.3) is 0 Å². The van der Waals surface area contributed by atoms with Gasteiger partial charge in [0.2, 0.25) is 0 Å². The van der Waals surface area contributed by atoms with Crippen molar-refractivity contribution in [2.24, 2.45) is 17.8 Å². The summed E-state index contributed by atoms with van der Waals surface area (Å²) >= 11 is 0. The number of allylic oxidation sites excluding steroid dienone is 3. The van der Waals surface area contributed by atoms with E-state index in [1.54, 1.807) is 0 Å². The van der Waals surface area contributed by atoms with Crippen molar-refractivity contribution in [2.45, 2.75) is 46.3 Å². The van der Waals surface area contributed by atoms with Gasteiger partial charge in [-0.2, -0.15) is 0 Å². The van der Waals surface area contributed by atoms with Gasteiger partial charge >= 0.3 is 5.97 Å². The molecule has 1 saturated heterocycles. The van der Waals surface area contributed by atoms with E-state index in [1.807, 2.05) is 12.2 Å². The number of benzene rings is 1. The van der Waals surface area contributed by atoms with E-state index in [1.165, 1.54) is 11.3 Å². The first kappa shape index (κ1) is 22.8. The molecule has 0 radical (unpaired) electrons. The van der Waals surface area contributed by atoms with Gasteiger partial charge in [-0.05, 0) is 58.9 Å². The lowest BCUT2D eigenvalue weighted by Crippen LogP contribution is -2.51. The molecule has 0 amide bonds. The number of carbonyl (C=O) groups excluding carboxylic acids is 1. The number of likely N-dealkylation sites (N-methyl/N-ethyl adjacent to an activating group) is 1. The van der Waals surface area contributed by atoms with Crippen molar-refractivity contribution in [1.82, 2.24) is 4.90 Å². The van der Waals surface area contributed by atoms with E-state index in [9.17, 15) is 4.79 Å². The molecule has 5 heteroatoms. The third kappa shape index (κ3) is 3.31. The number of hydrogen-bond donors (Lipinski definition) is 0. The first-order valence-electron chi connectivity index (χ1n) is 12.8. The molecular weight excluding hydrogens is 424 g/mol. The van der Waals surface area contributed by atoms with Crippen molar-refractivity contribution < 1.29 is 14.3 Å². The number of nitrogens with zero attached hydrogens (tertiary/aromatic N) is 2. The Morgan fingerprint density at radius 1 is 0.912 bits per heavy atom. The van der Waals surface area contributed by atoms with Gasteiger partial charge in [0.1, 0.15) is 11.9 Å². The smallest absolute Gasteiger partial charge is 0.314 e. The van der Waals surface area contributed by atoms with E-state index in [0.717, 1.165) is 43.2 Å². The van der Waals surface area contributed by atoms with Gasteiger partial charge in [0.25, 0.3) is 0 Å². The molecule has 0 aromatic heterocycles. The fourth-order valence-corrected chi connectivity index (χ4v) is 6.24. The fourth-order valence-electron chi connectivity index (χ4n) is 6.24. The topological polar surface area (TPSA) is 42.0 Å². The van der Waals surface area contributed by atoms with E-state index in [0.29, 0.717) is 0 Å². The summed E-state index contributed by atoms with van der Waals surface area (Å²) in [6.07, 6.45) is 12.7. The molecule has 0 N–H and O–H groups in total. The largest absolute Gasteiger partial charge is 0.485 e.